The number of nitrogens with zero attached hydrogens (tertiary/aromatic N) is 1. The number of hydrogen-bond acceptors (Lipinski definition) is 3. The number of unbranched alkanes of at least 4 members (excludes halogenated alkanes) is 2. The van der Waals surface area contributed by atoms with Crippen molar-refractivity contribution in [2.24, 2.45) is 0 Å². The number of ether oxygens (including phenoxy) is 1. The fourth-order valence-corrected chi connectivity index (χ4v) is 2.79. The van der Waals surface area contributed by atoms with E-state index in [1.54, 1.807) is 0 Å². The maximum absolute atomic E-state index is 6.08. The van der Waals surface area contributed by atoms with Gasteiger partial charge >= 0.3 is 0 Å². The molecule has 0 bridgehead atoms. The van der Waals surface area contributed by atoms with Gasteiger partial charge in [-0.3, -0.25) is 4.90 Å². The molecule has 0 N–H and O–H groups in total. The highest BCUT2D eigenvalue weighted by atomic mass is 32.2. The molecule has 0 aromatic carbocycles. The first-order chi connectivity index (χ1) is 8.78. The van der Waals surface area contributed by atoms with Gasteiger partial charge in [-0.2, -0.15) is 11.8 Å². The van der Waals surface area contributed by atoms with Crippen molar-refractivity contribution in [1.29, 1.82) is 0 Å². The number of thioether (sulfide) groups is 1. The second kappa shape index (κ2) is 13.7. The van der Waals surface area contributed by atoms with Crippen LogP contribution in [0.2, 0.25) is 0 Å². The van der Waals surface area contributed by atoms with Crippen molar-refractivity contribution in [2.45, 2.75) is 65.9 Å². The Morgan fingerprint density at radius 1 is 1.00 bits per heavy atom. The molecule has 0 rings (SSSR count). The normalized spacial score (nSPS) is 13.2. The standard InChI is InChI=1S/C15H33NOS/c1-5-9-10-11-15(13-18-12-6-2)17-14-16(7-3)8-4/h15H,5-14H2,1-4H3. The summed E-state index contributed by atoms with van der Waals surface area (Å²) in [7, 11) is 0. The highest BCUT2D eigenvalue weighted by Gasteiger charge is 2.10. The Balaban J connectivity index is 3.86. The zero-order valence-electron chi connectivity index (χ0n) is 12.9. The summed E-state index contributed by atoms with van der Waals surface area (Å²) in [6.07, 6.45) is 6.89. The van der Waals surface area contributed by atoms with Crippen LogP contribution >= 0.6 is 11.8 Å². The fraction of sp³-hybridized carbons (Fsp3) is 1.00. The van der Waals surface area contributed by atoms with Gasteiger partial charge in [-0.05, 0) is 31.7 Å². The Bertz CT molecular complexity index is 153. The minimum absolute atomic E-state index is 0.452. The van der Waals surface area contributed by atoms with Gasteiger partial charge in [-0.15, -0.1) is 0 Å². The van der Waals surface area contributed by atoms with E-state index in [2.05, 4.69) is 32.6 Å². The topological polar surface area (TPSA) is 12.5 Å². The minimum Gasteiger partial charge on any atom is -0.362 e. The largest absolute Gasteiger partial charge is 0.362 e. The van der Waals surface area contributed by atoms with E-state index >= 15 is 0 Å². The van der Waals surface area contributed by atoms with E-state index in [0.29, 0.717) is 6.10 Å². The van der Waals surface area contributed by atoms with Crippen LogP contribution in [0.5, 0.6) is 0 Å². The van der Waals surface area contributed by atoms with Crippen molar-refractivity contribution in [3.8, 4) is 0 Å². The molecule has 0 radical (unpaired) electrons. The van der Waals surface area contributed by atoms with Gasteiger partial charge in [0.2, 0.25) is 0 Å². The van der Waals surface area contributed by atoms with Crippen LogP contribution in [-0.2, 0) is 4.74 Å². The lowest BCUT2D eigenvalue weighted by Gasteiger charge is -2.23. The van der Waals surface area contributed by atoms with E-state index in [1.807, 2.05) is 11.8 Å². The molecule has 0 aliphatic heterocycles. The summed E-state index contributed by atoms with van der Waals surface area (Å²) < 4.78 is 6.08. The minimum atomic E-state index is 0.452. The van der Waals surface area contributed by atoms with Crippen LogP contribution < -0.4 is 0 Å². The Morgan fingerprint density at radius 2 is 1.72 bits per heavy atom. The van der Waals surface area contributed by atoms with Crippen LogP contribution in [0.4, 0.5) is 0 Å². The number of rotatable bonds is 13. The quantitative estimate of drug-likeness (QED) is 0.365. The second-order valence-corrected chi connectivity index (χ2v) is 5.94. The van der Waals surface area contributed by atoms with E-state index in [0.717, 1.165) is 19.8 Å². The van der Waals surface area contributed by atoms with Gasteiger partial charge in [-0.1, -0.05) is 47.0 Å². The molecule has 0 aliphatic carbocycles. The van der Waals surface area contributed by atoms with Gasteiger partial charge in [0.05, 0.1) is 12.8 Å². The van der Waals surface area contributed by atoms with Gasteiger partial charge < -0.3 is 4.74 Å². The van der Waals surface area contributed by atoms with Gasteiger partial charge in [0, 0.05) is 5.75 Å². The summed E-state index contributed by atoms with van der Waals surface area (Å²) in [4.78, 5) is 2.34. The predicted molar refractivity (Wildman–Crippen MR) is 84.4 cm³/mol. The van der Waals surface area contributed by atoms with Gasteiger partial charge in [0.15, 0.2) is 0 Å². The Morgan fingerprint density at radius 3 is 2.28 bits per heavy atom. The zero-order chi connectivity index (χ0) is 13.6. The highest BCUT2D eigenvalue weighted by Crippen LogP contribution is 2.14. The van der Waals surface area contributed by atoms with Crippen molar-refractivity contribution < 1.29 is 4.74 Å². The summed E-state index contributed by atoms with van der Waals surface area (Å²) in [5.74, 6) is 2.43. The van der Waals surface area contributed by atoms with E-state index in [4.69, 9.17) is 4.74 Å². The number of hydrogen-bond donors (Lipinski definition) is 0. The lowest BCUT2D eigenvalue weighted by atomic mass is 10.1. The van der Waals surface area contributed by atoms with Crippen molar-refractivity contribution in [3.63, 3.8) is 0 Å². The summed E-state index contributed by atoms with van der Waals surface area (Å²) >= 11 is 2.04. The molecule has 0 saturated carbocycles. The lowest BCUT2D eigenvalue weighted by molar-refractivity contribution is -0.0124. The average molecular weight is 276 g/mol. The van der Waals surface area contributed by atoms with Crippen LogP contribution in [0.1, 0.15) is 59.8 Å². The van der Waals surface area contributed by atoms with Crippen LogP contribution in [0.25, 0.3) is 0 Å². The first kappa shape index (κ1) is 18.3. The van der Waals surface area contributed by atoms with Crippen LogP contribution in [0, 0.1) is 0 Å². The van der Waals surface area contributed by atoms with Crippen molar-refractivity contribution in [2.75, 3.05) is 31.3 Å². The molecule has 2 nitrogen and oxygen atoms in total. The lowest BCUT2D eigenvalue weighted by Crippen LogP contribution is -2.30. The first-order valence-corrected chi connectivity index (χ1v) is 8.85. The third kappa shape index (κ3) is 10.2. The maximum atomic E-state index is 6.08. The fourth-order valence-electron chi connectivity index (χ4n) is 1.81. The van der Waals surface area contributed by atoms with Gasteiger partial charge in [0.1, 0.15) is 0 Å². The van der Waals surface area contributed by atoms with Crippen LogP contribution in [0.15, 0.2) is 0 Å². The van der Waals surface area contributed by atoms with E-state index in [1.165, 1.54) is 43.6 Å². The molecule has 18 heavy (non-hydrogen) atoms. The molecule has 110 valence electrons. The monoisotopic (exact) mass is 275 g/mol. The van der Waals surface area contributed by atoms with Crippen molar-refractivity contribution >= 4 is 11.8 Å². The predicted octanol–water partition coefficient (Wildman–Crippen LogP) is 4.39. The van der Waals surface area contributed by atoms with Gasteiger partial charge in [-0.25, -0.2) is 0 Å². The maximum Gasteiger partial charge on any atom is 0.0994 e. The molecule has 3 heteroatoms. The summed E-state index contributed by atoms with van der Waals surface area (Å²) in [6, 6.07) is 0. The smallest absolute Gasteiger partial charge is 0.0994 e. The average Bonchev–Trinajstić information content (AvgIpc) is 2.39. The molecule has 0 spiro atoms. The Labute approximate surface area is 119 Å². The first-order valence-electron chi connectivity index (χ1n) is 7.70. The Hall–Kier alpha value is 0.270. The van der Waals surface area contributed by atoms with Gasteiger partial charge in [0.25, 0.3) is 0 Å². The molecule has 1 unspecified atom stereocenters. The molecular weight excluding hydrogens is 242 g/mol. The van der Waals surface area contributed by atoms with Crippen molar-refractivity contribution in [3.05, 3.63) is 0 Å². The zero-order valence-corrected chi connectivity index (χ0v) is 13.7. The van der Waals surface area contributed by atoms with E-state index < -0.39 is 0 Å². The molecule has 0 saturated heterocycles. The molecule has 0 aromatic heterocycles. The highest BCUT2D eigenvalue weighted by molar-refractivity contribution is 7.99. The van der Waals surface area contributed by atoms with Crippen molar-refractivity contribution in [1.82, 2.24) is 4.90 Å². The molecule has 0 aromatic rings. The molecular formula is C15H33NOS. The molecule has 0 amide bonds. The second-order valence-electron chi connectivity index (χ2n) is 4.79. The molecule has 0 fully saturated rings. The third-order valence-corrected chi connectivity index (χ3v) is 4.47. The van der Waals surface area contributed by atoms with Crippen LogP contribution in [0.3, 0.4) is 0 Å². The Kier molecular flexibility index (Phi) is 13.9. The SMILES string of the molecule is CCCCCC(CSCCC)OCN(CC)CC. The molecule has 0 heterocycles. The molecule has 0 aliphatic rings. The summed E-state index contributed by atoms with van der Waals surface area (Å²) in [5.41, 5.74) is 0. The molecule has 1 atom stereocenters. The van der Waals surface area contributed by atoms with E-state index in [-0.39, 0.29) is 0 Å². The summed E-state index contributed by atoms with van der Waals surface area (Å²) in [5, 5.41) is 0. The summed E-state index contributed by atoms with van der Waals surface area (Å²) in [6.45, 7) is 11.9. The van der Waals surface area contributed by atoms with E-state index in [9.17, 15) is 0 Å². The third-order valence-electron chi connectivity index (χ3n) is 3.17. The van der Waals surface area contributed by atoms with Crippen LogP contribution in [-0.4, -0.2) is 42.3 Å².